The zero-order valence-electron chi connectivity index (χ0n) is 11.0. The lowest BCUT2D eigenvalue weighted by Gasteiger charge is -2.10. The second-order valence-corrected chi connectivity index (χ2v) is 4.67. The van der Waals surface area contributed by atoms with Gasteiger partial charge in [0.15, 0.2) is 0 Å². The standard InChI is InChI=1S/C15H20N2O/c1-13(2)15-16-8-9-17(15)10-11-18-12-14-6-4-3-5-7-14/h3-9,13H,10-12H2,1-2H3. The van der Waals surface area contributed by atoms with Crippen LogP contribution < -0.4 is 0 Å². The molecule has 0 unspecified atom stereocenters. The zero-order chi connectivity index (χ0) is 12.8. The van der Waals surface area contributed by atoms with Crippen molar-refractivity contribution in [2.24, 2.45) is 0 Å². The molecule has 96 valence electrons. The molecule has 2 rings (SSSR count). The number of nitrogens with zero attached hydrogens (tertiary/aromatic N) is 2. The lowest BCUT2D eigenvalue weighted by molar-refractivity contribution is 0.112. The van der Waals surface area contributed by atoms with Gasteiger partial charge in [-0.25, -0.2) is 4.98 Å². The van der Waals surface area contributed by atoms with Gasteiger partial charge in [0.1, 0.15) is 5.82 Å². The highest BCUT2D eigenvalue weighted by atomic mass is 16.5. The quantitative estimate of drug-likeness (QED) is 0.729. The molecule has 0 bridgehead atoms. The molecular weight excluding hydrogens is 224 g/mol. The molecule has 1 aromatic heterocycles. The molecule has 0 saturated carbocycles. The molecule has 0 aliphatic heterocycles. The first kappa shape index (κ1) is 12.8. The lowest BCUT2D eigenvalue weighted by Crippen LogP contribution is -2.09. The first-order chi connectivity index (χ1) is 8.77. The molecule has 2 aromatic rings. The zero-order valence-corrected chi connectivity index (χ0v) is 11.0. The Bertz CT molecular complexity index is 462. The number of imidazole rings is 1. The molecule has 18 heavy (non-hydrogen) atoms. The molecule has 0 spiro atoms. The Hall–Kier alpha value is -1.61. The smallest absolute Gasteiger partial charge is 0.111 e. The Morgan fingerprint density at radius 3 is 2.72 bits per heavy atom. The van der Waals surface area contributed by atoms with E-state index in [-0.39, 0.29) is 0 Å². The molecular formula is C15H20N2O. The Labute approximate surface area is 108 Å². The van der Waals surface area contributed by atoms with E-state index in [0.29, 0.717) is 19.1 Å². The molecule has 0 atom stereocenters. The largest absolute Gasteiger partial charge is 0.375 e. The third kappa shape index (κ3) is 3.44. The van der Waals surface area contributed by atoms with E-state index in [9.17, 15) is 0 Å². The predicted octanol–water partition coefficient (Wildman–Crippen LogP) is 3.22. The van der Waals surface area contributed by atoms with E-state index in [0.717, 1.165) is 12.4 Å². The van der Waals surface area contributed by atoms with Crippen molar-refractivity contribution in [3.63, 3.8) is 0 Å². The van der Waals surface area contributed by atoms with Crippen molar-refractivity contribution in [2.75, 3.05) is 6.61 Å². The minimum absolute atomic E-state index is 0.453. The van der Waals surface area contributed by atoms with Crippen molar-refractivity contribution in [2.45, 2.75) is 32.9 Å². The van der Waals surface area contributed by atoms with Gasteiger partial charge in [-0.2, -0.15) is 0 Å². The third-order valence-electron chi connectivity index (χ3n) is 2.85. The summed E-state index contributed by atoms with van der Waals surface area (Å²) in [5.41, 5.74) is 1.22. The summed E-state index contributed by atoms with van der Waals surface area (Å²) in [5, 5.41) is 0. The maximum Gasteiger partial charge on any atom is 0.111 e. The Kier molecular flexibility index (Phi) is 4.53. The number of ether oxygens (including phenoxy) is 1. The number of aromatic nitrogens is 2. The summed E-state index contributed by atoms with van der Waals surface area (Å²) in [5.74, 6) is 1.58. The molecule has 3 nitrogen and oxygen atoms in total. The van der Waals surface area contributed by atoms with E-state index < -0.39 is 0 Å². The van der Waals surface area contributed by atoms with Crippen LogP contribution in [0.4, 0.5) is 0 Å². The van der Waals surface area contributed by atoms with Crippen molar-refractivity contribution in [1.82, 2.24) is 9.55 Å². The highest BCUT2D eigenvalue weighted by molar-refractivity contribution is 5.13. The average molecular weight is 244 g/mol. The Morgan fingerprint density at radius 2 is 2.00 bits per heavy atom. The minimum Gasteiger partial charge on any atom is -0.375 e. The monoisotopic (exact) mass is 244 g/mol. The predicted molar refractivity (Wildman–Crippen MR) is 72.4 cm³/mol. The van der Waals surface area contributed by atoms with Crippen LogP contribution in [0.15, 0.2) is 42.7 Å². The fourth-order valence-electron chi connectivity index (χ4n) is 1.94. The summed E-state index contributed by atoms with van der Waals surface area (Å²) in [7, 11) is 0. The fraction of sp³-hybridized carbons (Fsp3) is 0.400. The number of rotatable bonds is 6. The number of hydrogen-bond donors (Lipinski definition) is 0. The van der Waals surface area contributed by atoms with E-state index in [1.54, 1.807) is 0 Å². The SMILES string of the molecule is CC(C)c1nccn1CCOCc1ccccc1. The number of benzene rings is 1. The summed E-state index contributed by atoms with van der Waals surface area (Å²) in [6.07, 6.45) is 3.87. The summed E-state index contributed by atoms with van der Waals surface area (Å²) < 4.78 is 7.84. The van der Waals surface area contributed by atoms with E-state index in [1.807, 2.05) is 30.6 Å². The van der Waals surface area contributed by atoms with E-state index in [2.05, 4.69) is 35.5 Å². The van der Waals surface area contributed by atoms with Crippen LogP contribution in [0.5, 0.6) is 0 Å². The molecule has 0 aliphatic carbocycles. The van der Waals surface area contributed by atoms with Gasteiger partial charge in [-0.05, 0) is 5.56 Å². The highest BCUT2D eigenvalue weighted by Crippen LogP contribution is 2.11. The van der Waals surface area contributed by atoms with E-state index >= 15 is 0 Å². The maximum atomic E-state index is 5.68. The average Bonchev–Trinajstić information content (AvgIpc) is 2.84. The van der Waals surface area contributed by atoms with Gasteiger partial charge in [-0.1, -0.05) is 44.2 Å². The molecule has 0 saturated heterocycles. The van der Waals surface area contributed by atoms with Crippen LogP contribution in [0.25, 0.3) is 0 Å². The maximum absolute atomic E-state index is 5.68. The third-order valence-corrected chi connectivity index (χ3v) is 2.85. The van der Waals surface area contributed by atoms with Crippen molar-refractivity contribution in [3.05, 3.63) is 54.1 Å². The van der Waals surface area contributed by atoms with Gasteiger partial charge in [0, 0.05) is 24.9 Å². The van der Waals surface area contributed by atoms with Crippen molar-refractivity contribution >= 4 is 0 Å². The van der Waals surface area contributed by atoms with E-state index in [1.165, 1.54) is 5.56 Å². The van der Waals surface area contributed by atoms with E-state index in [4.69, 9.17) is 4.74 Å². The molecule has 0 N–H and O–H groups in total. The second kappa shape index (κ2) is 6.36. The number of hydrogen-bond acceptors (Lipinski definition) is 2. The molecule has 0 aliphatic rings. The van der Waals surface area contributed by atoms with Gasteiger partial charge in [0.05, 0.1) is 13.2 Å². The molecule has 0 radical (unpaired) electrons. The Morgan fingerprint density at radius 1 is 1.22 bits per heavy atom. The molecule has 0 fully saturated rings. The van der Waals surface area contributed by atoms with Gasteiger partial charge >= 0.3 is 0 Å². The van der Waals surface area contributed by atoms with Crippen LogP contribution in [0, 0.1) is 0 Å². The highest BCUT2D eigenvalue weighted by Gasteiger charge is 2.06. The molecule has 1 aromatic carbocycles. The minimum atomic E-state index is 0.453. The normalized spacial score (nSPS) is 11.1. The van der Waals surface area contributed by atoms with Gasteiger partial charge in [0.2, 0.25) is 0 Å². The van der Waals surface area contributed by atoms with Crippen molar-refractivity contribution < 1.29 is 4.74 Å². The molecule has 3 heteroatoms. The van der Waals surface area contributed by atoms with Gasteiger partial charge in [-0.3, -0.25) is 0 Å². The van der Waals surface area contributed by atoms with Crippen LogP contribution in [0.1, 0.15) is 31.2 Å². The van der Waals surface area contributed by atoms with Gasteiger partial charge < -0.3 is 9.30 Å². The topological polar surface area (TPSA) is 27.1 Å². The molecule has 0 amide bonds. The van der Waals surface area contributed by atoms with Gasteiger partial charge in [0.25, 0.3) is 0 Å². The Balaban J connectivity index is 1.77. The van der Waals surface area contributed by atoms with Crippen LogP contribution in [-0.2, 0) is 17.9 Å². The summed E-state index contributed by atoms with van der Waals surface area (Å²) >= 11 is 0. The first-order valence-electron chi connectivity index (χ1n) is 6.40. The van der Waals surface area contributed by atoms with Crippen LogP contribution in [0.2, 0.25) is 0 Å². The van der Waals surface area contributed by atoms with Gasteiger partial charge in [-0.15, -0.1) is 0 Å². The second-order valence-electron chi connectivity index (χ2n) is 4.67. The lowest BCUT2D eigenvalue weighted by atomic mass is 10.2. The van der Waals surface area contributed by atoms with Crippen LogP contribution in [-0.4, -0.2) is 16.2 Å². The molecule has 1 heterocycles. The summed E-state index contributed by atoms with van der Waals surface area (Å²) in [6, 6.07) is 10.2. The van der Waals surface area contributed by atoms with Crippen molar-refractivity contribution in [1.29, 1.82) is 0 Å². The van der Waals surface area contributed by atoms with Crippen LogP contribution >= 0.6 is 0 Å². The van der Waals surface area contributed by atoms with Crippen LogP contribution in [0.3, 0.4) is 0 Å². The fourth-order valence-corrected chi connectivity index (χ4v) is 1.94. The summed E-state index contributed by atoms with van der Waals surface area (Å²) in [6.45, 7) is 6.56. The first-order valence-corrected chi connectivity index (χ1v) is 6.40. The summed E-state index contributed by atoms with van der Waals surface area (Å²) in [4.78, 5) is 4.36. The van der Waals surface area contributed by atoms with Crippen molar-refractivity contribution in [3.8, 4) is 0 Å².